The minimum atomic E-state index is -4.79. The van der Waals surface area contributed by atoms with Gasteiger partial charge in [-0.3, -0.25) is 10.1 Å². The number of hydrogen-bond donors (Lipinski definition) is 1. The van der Waals surface area contributed by atoms with Crippen LogP contribution in [0.2, 0.25) is 0 Å². The molecule has 10 heteroatoms. The summed E-state index contributed by atoms with van der Waals surface area (Å²) in [5.74, 6) is -1.92. The number of nitrogens with one attached hydrogen (secondary N) is 1. The number of ether oxygens (including phenoxy) is 2. The van der Waals surface area contributed by atoms with Crippen molar-refractivity contribution >= 4 is 6.16 Å². The highest BCUT2D eigenvalue weighted by Gasteiger charge is 2.45. The van der Waals surface area contributed by atoms with Gasteiger partial charge in [-0.2, -0.15) is 13.2 Å². The summed E-state index contributed by atoms with van der Waals surface area (Å²) in [5, 5.41) is 15.1. The van der Waals surface area contributed by atoms with Gasteiger partial charge in [0.1, 0.15) is 11.7 Å². The molecule has 1 aliphatic rings. The summed E-state index contributed by atoms with van der Waals surface area (Å²) in [6.07, 6.45) is -5.89. The van der Waals surface area contributed by atoms with Gasteiger partial charge in [-0.15, -0.1) is 0 Å². The Kier molecular flexibility index (Phi) is 7.05. The van der Waals surface area contributed by atoms with Crippen LogP contribution in [0.15, 0.2) is 77.4 Å². The number of alkyl halides is 3. The molecule has 174 valence electrons. The minimum absolute atomic E-state index is 0.0421. The van der Waals surface area contributed by atoms with Gasteiger partial charge in [0.05, 0.1) is 28.5 Å². The average molecular weight is 462 g/mol. The number of hydrogen-bond acceptors (Lipinski definition) is 6. The van der Waals surface area contributed by atoms with Gasteiger partial charge in [-0.05, 0) is 31.0 Å². The lowest BCUT2D eigenvalue weighted by Crippen LogP contribution is -2.32. The van der Waals surface area contributed by atoms with Crippen LogP contribution in [0.4, 0.5) is 18.0 Å². The Morgan fingerprint density at radius 3 is 2.36 bits per heavy atom. The Morgan fingerprint density at radius 2 is 1.76 bits per heavy atom. The van der Waals surface area contributed by atoms with Crippen LogP contribution >= 0.6 is 0 Å². The Balaban J connectivity index is 2.23. The van der Waals surface area contributed by atoms with Crippen molar-refractivity contribution in [2.24, 2.45) is 0 Å². The zero-order valence-corrected chi connectivity index (χ0v) is 17.8. The molecule has 33 heavy (non-hydrogen) atoms. The van der Waals surface area contributed by atoms with E-state index >= 15 is 0 Å². The number of benzene rings is 2. The fourth-order valence-corrected chi connectivity index (χ4v) is 3.69. The monoisotopic (exact) mass is 462 g/mol. The molecule has 0 aliphatic carbocycles. The molecule has 0 fully saturated rings. The first-order chi connectivity index (χ1) is 15.6. The highest BCUT2D eigenvalue weighted by Crippen LogP contribution is 2.44. The maximum Gasteiger partial charge on any atom is 0.513 e. The first kappa shape index (κ1) is 23.8. The first-order valence-electron chi connectivity index (χ1n) is 10.0. The molecule has 3 rings (SSSR count). The van der Waals surface area contributed by atoms with E-state index in [1.807, 2.05) is 0 Å². The topological polar surface area (TPSA) is 90.7 Å². The fraction of sp³-hybridized carbons (Fsp3) is 0.261. The van der Waals surface area contributed by atoms with Crippen LogP contribution in [0.5, 0.6) is 0 Å². The van der Waals surface area contributed by atoms with Crippen molar-refractivity contribution in [1.29, 1.82) is 0 Å². The molecule has 0 saturated carbocycles. The van der Waals surface area contributed by atoms with Gasteiger partial charge >= 0.3 is 12.3 Å². The number of nitrogens with zero attached hydrogens (tertiary/aromatic N) is 1. The quantitative estimate of drug-likeness (QED) is 0.345. The third-order valence-electron chi connectivity index (χ3n) is 5.01. The summed E-state index contributed by atoms with van der Waals surface area (Å²) >= 11 is 0. The van der Waals surface area contributed by atoms with Crippen LogP contribution in [0, 0.1) is 10.1 Å². The molecule has 0 radical (unpaired) electrons. The predicted molar refractivity (Wildman–Crippen MR) is 112 cm³/mol. The standard InChI is InChI=1S/C23H21F3N2O5/c1-3-32-22(29)33-21-14(2)27-18(13-15-9-5-4-6-10-15)20(28(30)31)19(21)16-11-7-8-12-17(16)23(24,25)26/h4-12,19,27H,3,13H2,1-2H3. The summed E-state index contributed by atoms with van der Waals surface area (Å²) in [6, 6.07) is 13.3. The van der Waals surface area contributed by atoms with E-state index in [1.165, 1.54) is 26.0 Å². The molecule has 1 unspecified atom stereocenters. The summed E-state index contributed by atoms with van der Waals surface area (Å²) in [7, 11) is 0. The van der Waals surface area contributed by atoms with Crippen molar-refractivity contribution in [1.82, 2.24) is 5.32 Å². The van der Waals surface area contributed by atoms with E-state index in [0.29, 0.717) is 5.56 Å². The van der Waals surface area contributed by atoms with E-state index in [-0.39, 0.29) is 30.2 Å². The van der Waals surface area contributed by atoms with E-state index in [1.54, 1.807) is 30.3 Å². The smallest absolute Gasteiger partial charge is 0.434 e. The van der Waals surface area contributed by atoms with Gasteiger partial charge in [-0.25, -0.2) is 4.79 Å². The molecule has 2 aromatic rings. The van der Waals surface area contributed by atoms with Gasteiger partial charge in [0, 0.05) is 6.42 Å². The summed E-state index contributed by atoms with van der Waals surface area (Å²) in [4.78, 5) is 23.5. The number of allylic oxidation sites excluding steroid dienone is 2. The molecule has 0 amide bonds. The Bertz CT molecular complexity index is 1110. The van der Waals surface area contributed by atoms with E-state index in [0.717, 1.165) is 12.1 Å². The molecule has 0 aromatic heterocycles. The lowest BCUT2D eigenvalue weighted by atomic mass is 9.85. The molecule has 2 aromatic carbocycles. The predicted octanol–water partition coefficient (Wildman–Crippen LogP) is 5.53. The van der Waals surface area contributed by atoms with E-state index < -0.39 is 40.0 Å². The molecule has 1 heterocycles. The van der Waals surface area contributed by atoms with Crippen LogP contribution in [0.25, 0.3) is 0 Å². The van der Waals surface area contributed by atoms with E-state index in [4.69, 9.17) is 9.47 Å². The van der Waals surface area contributed by atoms with E-state index in [9.17, 15) is 28.1 Å². The Morgan fingerprint density at radius 1 is 1.12 bits per heavy atom. The van der Waals surface area contributed by atoms with Crippen molar-refractivity contribution in [2.75, 3.05) is 6.61 Å². The van der Waals surface area contributed by atoms with Gasteiger partial charge in [0.2, 0.25) is 0 Å². The lowest BCUT2D eigenvalue weighted by molar-refractivity contribution is -0.431. The molecule has 1 atom stereocenters. The highest BCUT2D eigenvalue weighted by atomic mass is 19.4. The van der Waals surface area contributed by atoms with Crippen LogP contribution < -0.4 is 5.32 Å². The minimum Gasteiger partial charge on any atom is -0.434 e. The third kappa shape index (κ3) is 5.33. The molecular weight excluding hydrogens is 441 g/mol. The number of rotatable bonds is 6. The molecule has 0 spiro atoms. The van der Waals surface area contributed by atoms with Crippen molar-refractivity contribution in [3.05, 3.63) is 104 Å². The van der Waals surface area contributed by atoms with E-state index in [2.05, 4.69) is 5.32 Å². The van der Waals surface area contributed by atoms with Crippen LogP contribution in [0.1, 0.15) is 36.5 Å². The molecule has 0 saturated heterocycles. The maximum atomic E-state index is 13.8. The average Bonchev–Trinajstić information content (AvgIpc) is 2.75. The second-order valence-electron chi connectivity index (χ2n) is 7.20. The Labute approximate surface area is 187 Å². The van der Waals surface area contributed by atoms with Gasteiger partial charge in [-0.1, -0.05) is 48.5 Å². The van der Waals surface area contributed by atoms with Crippen molar-refractivity contribution in [3.8, 4) is 0 Å². The molecule has 1 aliphatic heterocycles. The number of nitro groups is 1. The van der Waals surface area contributed by atoms with Gasteiger partial charge < -0.3 is 14.8 Å². The zero-order valence-electron chi connectivity index (χ0n) is 17.8. The zero-order chi connectivity index (χ0) is 24.2. The Hall–Kier alpha value is -3.82. The summed E-state index contributed by atoms with van der Waals surface area (Å²) in [6.45, 7) is 2.96. The van der Waals surface area contributed by atoms with Crippen LogP contribution in [-0.2, 0) is 22.1 Å². The molecule has 7 nitrogen and oxygen atoms in total. The summed E-state index contributed by atoms with van der Waals surface area (Å²) < 4.78 is 51.5. The van der Waals surface area contributed by atoms with Gasteiger partial charge in [0.25, 0.3) is 5.70 Å². The van der Waals surface area contributed by atoms with Crippen molar-refractivity contribution < 1.29 is 32.4 Å². The fourth-order valence-electron chi connectivity index (χ4n) is 3.69. The molecular formula is C23H21F3N2O5. The largest absolute Gasteiger partial charge is 0.513 e. The highest BCUT2D eigenvalue weighted by molar-refractivity contribution is 5.63. The SMILES string of the molecule is CCOC(=O)OC1=C(C)NC(Cc2ccccc2)=C([N+](=O)[O-])C1c1ccccc1C(F)(F)F. The summed E-state index contributed by atoms with van der Waals surface area (Å²) in [5.41, 5.74) is -1.02. The van der Waals surface area contributed by atoms with Crippen LogP contribution in [0.3, 0.4) is 0 Å². The normalized spacial score (nSPS) is 16.3. The lowest BCUT2D eigenvalue weighted by Gasteiger charge is -2.29. The first-order valence-corrected chi connectivity index (χ1v) is 10.0. The number of dihydropyridines is 1. The maximum absolute atomic E-state index is 13.8. The third-order valence-corrected chi connectivity index (χ3v) is 5.01. The second kappa shape index (κ2) is 9.76. The van der Waals surface area contributed by atoms with Crippen molar-refractivity contribution in [2.45, 2.75) is 32.4 Å². The van der Waals surface area contributed by atoms with Crippen molar-refractivity contribution in [3.63, 3.8) is 0 Å². The second-order valence-corrected chi connectivity index (χ2v) is 7.20. The molecule has 1 N–H and O–H groups in total. The number of carbonyl (C=O) groups is 1. The number of carbonyl (C=O) groups excluding carboxylic acids is 1. The van der Waals surface area contributed by atoms with Gasteiger partial charge in [0.15, 0.2) is 0 Å². The van der Waals surface area contributed by atoms with Crippen LogP contribution in [-0.4, -0.2) is 17.7 Å². The molecule has 0 bridgehead atoms. The number of halogens is 3.